The third kappa shape index (κ3) is 3.60. The van der Waals surface area contributed by atoms with Gasteiger partial charge in [-0.15, -0.1) is 0 Å². The van der Waals surface area contributed by atoms with Crippen LogP contribution in [0.1, 0.15) is 16.7 Å². The van der Waals surface area contributed by atoms with Crippen molar-refractivity contribution < 1.29 is 9.72 Å². The molecule has 0 bridgehead atoms. The first-order chi connectivity index (χ1) is 10.4. The minimum Gasteiger partial charge on any atom is -0.307 e. The van der Waals surface area contributed by atoms with E-state index in [9.17, 15) is 14.9 Å². The van der Waals surface area contributed by atoms with E-state index in [-0.39, 0.29) is 5.69 Å². The molecule has 0 spiro atoms. The molecule has 6 nitrogen and oxygen atoms in total. The number of carbonyl (C=O) groups excluding carboxylic acids is 1. The molecular weight excluding hydrogens is 282 g/mol. The number of nitro benzene ring substituents is 1. The van der Waals surface area contributed by atoms with Crippen molar-refractivity contribution in [1.82, 2.24) is 0 Å². The Kier molecular flexibility index (Phi) is 4.41. The van der Waals surface area contributed by atoms with Gasteiger partial charge < -0.3 is 10.6 Å². The van der Waals surface area contributed by atoms with Gasteiger partial charge in [0.2, 0.25) is 0 Å². The minimum atomic E-state index is -0.470. The van der Waals surface area contributed by atoms with E-state index >= 15 is 0 Å². The normalized spacial score (nSPS) is 10.1. The summed E-state index contributed by atoms with van der Waals surface area (Å²) in [6, 6.07) is 9.82. The Labute approximate surface area is 128 Å². The fraction of sp³-hybridized carbons (Fsp3) is 0.188. The van der Waals surface area contributed by atoms with E-state index in [2.05, 4.69) is 10.6 Å². The van der Waals surface area contributed by atoms with Gasteiger partial charge in [0, 0.05) is 23.0 Å². The van der Waals surface area contributed by atoms with Crippen LogP contribution in [0.15, 0.2) is 36.4 Å². The molecule has 0 aliphatic rings. The maximum Gasteiger partial charge on any atom is 0.323 e. The first-order valence-electron chi connectivity index (χ1n) is 6.77. The van der Waals surface area contributed by atoms with Crippen LogP contribution in [-0.2, 0) is 0 Å². The van der Waals surface area contributed by atoms with Crippen LogP contribution in [-0.4, -0.2) is 11.0 Å². The van der Waals surface area contributed by atoms with Crippen LogP contribution in [0, 0.1) is 30.9 Å². The van der Waals surface area contributed by atoms with Gasteiger partial charge >= 0.3 is 6.03 Å². The topological polar surface area (TPSA) is 84.3 Å². The number of amides is 2. The van der Waals surface area contributed by atoms with Crippen LogP contribution in [0.2, 0.25) is 0 Å². The molecule has 0 fully saturated rings. The summed E-state index contributed by atoms with van der Waals surface area (Å²) in [7, 11) is 0. The van der Waals surface area contributed by atoms with Gasteiger partial charge in [-0.05, 0) is 38.5 Å². The zero-order valence-electron chi connectivity index (χ0n) is 12.6. The largest absolute Gasteiger partial charge is 0.323 e. The van der Waals surface area contributed by atoms with Crippen LogP contribution in [0.4, 0.5) is 21.9 Å². The van der Waals surface area contributed by atoms with E-state index in [1.165, 1.54) is 6.07 Å². The number of hydrogen-bond acceptors (Lipinski definition) is 3. The molecule has 0 atom stereocenters. The number of rotatable bonds is 3. The number of hydrogen-bond donors (Lipinski definition) is 2. The van der Waals surface area contributed by atoms with Crippen molar-refractivity contribution in [2.75, 3.05) is 10.6 Å². The highest BCUT2D eigenvalue weighted by Gasteiger charge is 2.12. The van der Waals surface area contributed by atoms with Crippen molar-refractivity contribution in [1.29, 1.82) is 0 Å². The van der Waals surface area contributed by atoms with Gasteiger partial charge in [-0.1, -0.05) is 23.8 Å². The molecule has 0 unspecified atom stereocenters. The van der Waals surface area contributed by atoms with E-state index in [1.807, 2.05) is 32.0 Å². The molecule has 2 aromatic carbocycles. The van der Waals surface area contributed by atoms with Crippen molar-refractivity contribution in [3.05, 3.63) is 63.2 Å². The van der Waals surface area contributed by atoms with Crippen LogP contribution in [0.25, 0.3) is 0 Å². The number of benzene rings is 2. The molecular formula is C16H17N3O3. The Morgan fingerprint density at radius 3 is 2.36 bits per heavy atom. The predicted octanol–water partition coefficient (Wildman–Crippen LogP) is 4.16. The molecule has 114 valence electrons. The van der Waals surface area contributed by atoms with Gasteiger partial charge in [0.25, 0.3) is 5.69 Å². The molecule has 2 amide bonds. The molecule has 2 N–H and O–H groups in total. The van der Waals surface area contributed by atoms with Crippen LogP contribution in [0.5, 0.6) is 0 Å². The number of carbonyl (C=O) groups is 1. The van der Waals surface area contributed by atoms with E-state index in [0.717, 1.165) is 11.1 Å². The van der Waals surface area contributed by atoms with Gasteiger partial charge in [0.15, 0.2) is 0 Å². The second kappa shape index (κ2) is 6.26. The summed E-state index contributed by atoms with van der Waals surface area (Å²) in [5.41, 5.74) is 3.65. The maximum absolute atomic E-state index is 12.0. The lowest BCUT2D eigenvalue weighted by atomic mass is 10.1. The lowest BCUT2D eigenvalue weighted by Crippen LogP contribution is -2.20. The number of urea groups is 1. The van der Waals surface area contributed by atoms with Crippen molar-refractivity contribution >= 4 is 23.1 Å². The average molecular weight is 299 g/mol. The van der Waals surface area contributed by atoms with Gasteiger partial charge in [-0.2, -0.15) is 0 Å². The van der Waals surface area contributed by atoms with Crippen molar-refractivity contribution in [2.24, 2.45) is 0 Å². The molecule has 0 aliphatic carbocycles. The second-order valence-electron chi connectivity index (χ2n) is 5.16. The van der Waals surface area contributed by atoms with Crippen LogP contribution >= 0.6 is 0 Å². The average Bonchev–Trinajstić information content (AvgIpc) is 2.44. The van der Waals surface area contributed by atoms with Crippen LogP contribution in [0.3, 0.4) is 0 Å². The quantitative estimate of drug-likeness (QED) is 0.659. The highest BCUT2D eigenvalue weighted by atomic mass is 16.6. The molecule has 0 aliphatic heterocycles. The SMILES string of the molecule is Cc1ccc(NC(=O)Nc2ccc(C)c([N+](=O)[O-])c2)c(C)c1. The molecule has 6 heteroatoms. The lowest BCUT2D eigenvalue weighted by Gasteiger charge is -2.10. The van der Waals surface area contributed by atoms with E-state index in [1.54, 1.807) is 19.1 Å². The monoisotopic (exact) mass is 299 g/mol. The summed E-state index contributed by atoms with van der Waals surface area (Å²) in [4.78, 5) is 22.4. The molecule has 0 aromatic heterocycles. The number of nitrogens with zero attached hydrogens (tertiary/aromatic N) is 1. The fourth-order valence-corrected chi connectivity index (χ4v) is 2.12. The lowest BCUT2D eigenvalue weighted by molar-refractivity contribution is -0.385. The third-order valence-electron chi connectivity index (χ3n) is 3.29. The fourth-order valence-electron chi connectivity index (χ4n) is 2.12. The summed E-state index contributed by atoms with van der Waals surface area (Å²) in [5, 5.41) is 16.2. The molecule has 0 saturated carbocycles. The Bertz CT molecular complexity index is 741. The molecule has 0 radical (unpaired) electrons. The minimum absolute atomic E-state index is 0.0238. The molecule has 2 aromatic rings. The van der Waals surface area contributed by atoms with Crippen molar-refractivity contribution in [2.45, 2.75) is 20.8 Å². The van der Waals surface area contributed by atoms with Gasteiger partial charge in [-0.3, -0.25) is 10.1 Å². The Hall–Kier alpha value is -2.89. The van der Waals surface area contributed by atoms with Gasteiger partial charge in [-0.25, -0.2) is 4.79 Å². The number of nitro groups is 1. The summed E-state index contributed by atoms with van der Waals surface area (Å²) < 4.78 is 0. The summed E-state index contributed by atoms with van der Waals surface area (Å²) in [6.07, 6.45) is 0. The number of aryl methyl sites for hydroxylation is 3. The smallest absolute Gasteiger partial charge is 0.307 e. The van der Waals surface area contributed by atoms with Gasteiger partial charge in [0.1, 0.15) is 0 Å². The number of anilines is 2. The van der Waals surface area contributed by atoms with Gasteiger partial charge in [0.05, 0.1) is 4.92 Å². The summed E-state index contributed by atoms with van der Waals surface area (Å²) in [5.74, 6) is 0. The Balaban J connectivity index is 2.12. The molecule has 0 heterocycles. The predicted molar refractivity (Wildman–Crippen MR) is 86.4 cm³/mol. The van der Waals surface area contributed by atoms with Crippen LogP contribution < -0.4 is 10.6 Å². The first-order valence-corrected chi connectivity index (χ1v) is 6.77. The van der Waals surface area contributed by atoms with E-state index in [4.69, 9.17) is 0 Å². The summed E-state index contributed by atoms with van der Waals surface area (Å²) >= 11 is 0. The first kappa shape index (κ1) is 15.5. The highest BCUT2D eigenvalue weighted by Crippen LogP contribution is 2.22. The highest BCUT2D eigenvalue weighted by molar-refractivity contribution is 6.00. The van der Waals surface area contributed by atoms with Crippen molar-refractivity contribution in [3.63, 3.8) is 0 Å². The van der Waals surface area contributed by atoms with E-state index < -0.39 is 11.0 Å². The summed E-state index contributed by atoms with van der Waals surface area (Å²) in [6.45, 7) is 5.53. The molecule has 2 rings (SSSR count). The standard InChI is InChI=1S/C16H17N3O3/c1-10-4-7-14(12(3)8-10)18-16(20)17-13-6-5-11(2)15(9-13)19(21)22/h4-9H,1-3H3,(H2,17,18,20). The Morgan fingerprint density at radius 1 is 1.00 bits per heavy atom. The van der Waals surface area contributed by atoms with E-state index in [0.29, 0.717) is 16.9 Å². The second-order valence-corrected chi connectivity index (χ2v) is 5.16. The molecule has 22 heavy (non-hydrogen) atoms. The zero-order valence-corrected chi connectivity index (χ0v) is 12.6. The number of nitrogens with one attached hydrogen (secondary N) is 2. The third-order valence-corrected chi connectivity index (χ3v) is 3.29. The molecule has 0 saturated heterocycles. The Morgan fingerprint density at radius 2 is 1.73 bits per heavy atom. The van der Waals surface area contributed by atoms with Crippen molar-refractivity contribution in [3.8, 4) is 0 Å². The maximum atomic E-state index is 12.0. The zero-order chi connectivity index (χ0) is 16.3.